The minimum Gasteiger partial charge on any atom is -0.481 e. The van der Waals surface area contributed by atoms with E-state index in [1.54, 1.807) is 18.0 Å². The van der Waals surface area contributed by atoms with E-state index in [4.69, 9.17) is 9.84 Å². The number of amides is 1. The van der Waals surface area contributed by atoms with E-state index in [-0.39, 0.29) is 18.2 Å². The number of aromatic nitrogens is 1. The van der Waals surface area contributed by atoms with Crippen molar-refractivity contribution in [3.8, 4) is 16.9 Å². The molecule has 1 aliphatic heterocycles. The summed E-state index contributed by atoms with van der Waals surface area (Å²) < 4.78 is 6.00. The molecule has 0 unspecified atom stereocenters. The number of ether oxygens (including phenoxy) is 1. The van der Waals surface area contributed by atoms with Gasteiger partial charge in [-0.2, -0.15) is 0 Å². The lowest BCUT2D eigenvalue weighted by molar-refractivity contribution is -0.143. The van der Waals surface area contributed by atoms with E-state index in [0.29, 0.717) is 18.8 Å². The predicted octanol–water partition coefficient (Wildman–Crippen LogP) is 5.00. The molecule has 6 heteroatoms. The molecule has 0 aliphatic carbocycles. The first-order valence-corrected chi connectivity index (χ1v) is 11.5. The third-order valence-electron chi connectivity index (χ3n) is 6.42. The zero-order chi connectivity index (χ0) is 23.5. The number of carbonyl (C=O) groups is 2. The molecule has 1 amide bonds. The molecule has 2 atom stereocenters. The molecule has 3 aromatic rings. The lowest BCUT2D eigenvalue weighted by Crippen LogP contribution is -2.46. The number of carbonyl (C=O) groups excluding carboxylic acids is 1. The summed E-state index contributed by atoms with van der Waals surface area (Å²) in [7, 11) is 0. The number of aryl methyl sites for hydroxylation is 2. The van der Waals surface area contributed by atoms with Gasteiger partial charge in [-0.15, -0.1) is 0 Å². The second kappa shape index (κ2) is 9.61. The first kappa shape index (κ1) is 22.8. The normalized spacial score (nSPS) is 17.1. The molecule has 1 saturated heterocycles. The third-order valence-corrected chi connectivity index (χ3v) is 6.42. The Kier molecular flexibility index (Phi) is 6.63. The molecule has 1 aromatic heterocycles. The maximum atomic E-state index is 12.9. The molecular formula is C27H30N2O4. The van der Waals surface area contributed by atoms with E-state index in [9.17, 15) is 9.59 Å². The number of rotatable bonds is 6. The Balaban J connectivity index is 1.53. The number of pyridine rings is 1. The smallest absolute Gasteiger partial charge is 0.303 e. The molecule has 1 fully saturated rings. The average Bonchev–Trinajstić information content (AvgIpc) is 2.78. The predicted molar refractivity (Wildman–Crippen MR) is 128 cm³/mol. The van der Waals surface area contributed by atoms with Gasteiger partial charge in [0.15, 0.2) is 6.10 Å². The summed E-state index contributed by atoms with van der Waals surface area (Å²) in [5, 5.41) is 10.1. The first-order chi connectivity index (χ1) is 15.8. The monoisotopic (exact) mass is 446 g/mol. The topological polar surface area (TPSA) is 79.7 Å². The van der Waals surface area contributed by atoms with Crippen LogP contribution in [-0.2, 0) is 9.59 Å². The van der Waals surface area contributed by atoms with Crippen LogP contribution in [0, 0.1) is 19.8 Å². The minimum absolute atomic E-state index is 0.000546. The quantitative estimate of drug-likeness (QED) is 0.576. The second-order valence-corrected chi connectivity index (χ2v) is 8.95. The molecule has 33 heavy (non-hydrogen) atoms. The van der Waals surface area contributed by atoms with Gasteiger partial charge in [-0.25, -0.2) is 0 Å². The van der Waals surface area contributed by atoms with Gasteiger partial charge < -0.3 is 14.7 Å². The van der Waals surface area contributed by atoms with Crippen LogP contribution in [0.1, 0.15) is 37.3 Å². The minimum atomic E-state index is -0.817. The fourth-order valence-electron chi connectivity index (χ4n) is 4.85. The van der Waals surface area contributed by atoms with Crippen LogP contribution in [0.25, 0.3) is 22.0 Å². The van der Waals surface area contributed by atoms with Crippen LogP contribution in [0.3, 0.4) is 0 Å². The zero-order valence-electron chi connectivity index (χ0n) is 19.4. The number of fused-ring (bicyclic) bond motifs is 1. The van der Waals surface area contributed by atoms with Gasteiger partial charge in [0, 0.05) is 37.2 Å². The summed E-state index contributed by atoms with van der Waals surface area (Å²) in [6, 6.07) is 14.1. The highest BCUT2D eigenvalue weighted by Crippen LogP contribution is 2.34. The van der Waals surface area contributed by atoms with Gasteiger partial charge in [0.2, 0.25) is 0 Å². The molecule has 0 bridgehead atoms. The number of aliphatic carboxylic acids is 1. The SMILES string of the molecule is Cc1cccc(C)c1-c1ccnc2cc(O[C@H](C)C(=O)N3CCC[C@H](CC(=O)O)C3)ccc12. The van der Waals surface area contributed by atoms with Crippen LogP contribution in [-0.4, -0.2) is 46.1 Å². The van der Waals surface area contributed by atoms with Crippen molar-refractivity contribution < 1.29 is 19.4 Å². The fraction of sp³-hybridized carbons (Fsp3) is 0.370. The van der Waals surface area contributed by atoms with E-state index in [2.05, 4.69) is 37.0 Å². The summed E-state index contributed by atoms with van der Waals surface area (Å²) in [5.74, 6) is -0.334. The number of carboxylic acid groups (broad SMARTS) is 1. The Bertz CT molecular complexity index is 1170. The third kappa shape index (κ3) is 5.00. The molecule has 2 aromatic carbocycles. The number of benzene rings is 2. The standard InChI is InChI=1S/C27H30N2O4/c1-17-6-4-7-18(2)26(17)23-11-12-28-24-15-21(9-10-22(23)24)33-19(3)27(32)29-13-5-8-20(16-29)14-25(30)31/h4,6-7,9-12,15,19-20H,5,8,13-14,16H2,1-3H3,(H,30,31)/t19-,20-/m1/s1. The number of carboxylic acids is 1. The number of piperidine rings is 1. The van der Waals surface area contributed by atoms with Crippen molar-refractivity contribution in [1.82, 2.24) is 9.88 Å². The molecule has 1 aliphatic rings. The van der Waals surface area contributed by atoms with Crippen molar-refractivity contribution in [2.75, 3.05) is 13.1 Å². The molecular weight excluding hydrogens is 416 g/mol. The van der Waals surface area contributed by atoms with Crippen LogP contribution in [0.2, 0.25) is 0 Å². The van der Waals surface area contributed by atoms with Gasteiger partial charge >= 0.3 is 5.97 Å². The lowest BCUT2D eigenvalue weighted by atomic mass is 9.93. The van der Waals surface area contributed by atoms with Gasteiger partial charge in [0.1, 0.15) is 5.75 Å². The van der Waals surface area contributed by atoms with Crippen molar-refractivity contribution in [3.05, 3.63) is 59.8 Å². The number of likely N-dealkylation sites (tertiary alicyclic amines) is 1. The van der Waals surface area contributed by atoms with E-state index in [1.165, 1.54) is 16.7 Å². The van der Waals surface area contributed by atoms with Crippen LogP contribution in [0.15, 0.2) is 48.7 Å². The Labute approximate surface area is 194 Å². The number of hydrogen-bond acceptors (Lipinski definition) is 4. The Morgan fingerprint density at radius 2 is 1.94 bits per heavy atom. The van der Waals surface area contributed by atoms with Crippen LogP contribution < -0.4 is 4.74 Å². The first-order valence-electron chi connectivity index (χ1n) is 11.5. The largest absolute Gasteiger partial charge is 0.481 e. The van der Waals surface area contributed by atoms with E-state index in [0.717, 1.165) is 29.3 Å². The molecule has 0 radical (unpaired) electrons. The molecule has 0 saturated carbocycles. The molecule has 1 N–H and O–H groups in total. The van der Waals surface area contributed by atoms with Gasteiger partial charge in [-0.3, -0.25) is 14.6 Å². The Morgan fingerprint density at radius 1 is 1.18 bits per heavy atom. The number of hydrogen-bond donors (Lipinski definition) is 1. The highest BCUT2D eigenvalue weighted by molar-refractivity contribution is 5.96. The Hall–Kier alpha value is -3.41. The molecule has 4 rings (SSSR count). The second-order valence-electron chi connectivity index (χ2n) is 8.95. The Morgan fingerprint density at radius 3 is 2.67 bits per heavy atom. The molecule has 6 nitrogen and oxygen atoms in total. The van der Waals surface area contributed by atoms with Crippen LogP contribution in [0.5, 0.6) is 5.75 Å². The van der Waals surface area contributed by atoms with Crippen molar-refractivity contribution in [2.45, 2.75) is 46.1 Å². The summed E-state index contributed by atoms with van der Waals surface area (Å²) in [6.07, 6.45) is 2.89. The van der Waals surface area contributed by atoms with Gasteiger partial charge in [-0.05, 0) is 80.0 Å². The maximum absolute atomic E-state index is 12.9. The summed E-state index contributed by atoms with van der Waals surface area (Å²) in [6.45, 7) is 7.08. The summed E-state index contributed by atoms with van der Waals surface area (Å²) in [4.78, 5) is 30.3. The van der Waals surface area contributed by atoms with E-state index < -0.39 is 12.1 Å². The van der Waals surface area contributed by atoms with E-state index in [1.807, 2.05) is 24.3 Å². The highest BCUT2D eigenvalue weighted by Gasteiger charge is 2.29. The van der Waals surface area contributed by atoms with Gasteiger partial charge in [-0.1, -0.05) is 18.2 Å². The summed E-state index contributed by atoms with van der Waals surface area (Å²) in [5.41, 5.74) is 5.58. The van der Waals surface area contributed by atoms with Gasteiger partial charge in [0.05, 0.1) is 5.52 Å². The average molecular weight is 447 g/mol. The van der Waals surface area contributed by atoms with Crippen LogP contribution >= 0.6 is 0 Å². The van der Waals surface area contributed by atoms with Crippen molar-refractivity contribution in [3.63, 3.8) is 0 Å². The number of nitrogens with zero attached hydrogens (tertiary/aromatic N) is 2. The molecule has 172 valence electrons. The fourth-order valence-corrected chi connectivity index (χ4v) is 4.85. The molecule has 0 spiro atoms. The van der Waals surface area contributed by atoms with Crippen molar-refractivity contribution >= 4 is 22.8 Å². The van der Waals surface area contributed by atoms with Crippen LogP contribution in [0.4, 0.5) is 0 Å². The van der Waals surface area contributed by atoms with Crippen molar-refractivity contribution in [2.24, 2.45) is 5.92 Å². The maximum Gasteiger partial charge on any atom is 0.303 e. The lowest BCUT2D eigenvalue weighted by Gasteiger charge is -2.33. The molecule has 2 heterocycles. The van der Waals surface area contributed by atoms with Crippen molar-refractivity contribution in [1.29, 1.82) is 0 Å². The summed E-state index contributed by atoms with van der Waals surface area (Å²) >= 11 is 0. The zero-order valence-corrected chi connectivity index (χ0v) is 19.4. The highest BCUT2D eigenvalue weighted by atomic mass is 16.5. The van der Waals surface area contributed by atoms with E-state index >= 15 is 0 Å². The van der Waals surface area contributed by atoms with Gasteiger partial charge in [0.25, 0.3) is 5.91 Å².